The zero-order valence-electron chi connectivity index (χ0n) is 11.0. The molecule has 0 unspecified atom stereocenters. The predicted molar refractivity (Wildman–Crippen MR) is 75.4 cm³/mol. The minimum atomic E-state index is -0.444. The van der Waals surface area contributed by atoms with Crippen LogP contribution in [-0.2, 0) is 0 Å². The Morgan fingerprint density at radius 2 is 2.41 bits per heavy atom. The Bertz CT molecular complexity index is 284. The first-order chi connectivity index (χ1) is 8.11. The molecule has 0 aromatic rings. The number of hydrogen-bond acceptors (Lipinski definition) is 3. The summed E-state index contributed by atoms with van der Waals surface area (Å²) in [5.74, 6) is 3.45. The zero-order valence-corrected chi connectivity index (χ0v) is 11.9. The molecule has 98 valence electrons. The third-order valence-electron chi connectivity index (χ3n) is 4.26. The standard InChI is InChI=1S/C14H25NOS/c1-11-4-3-5-12(2)13(11)8-15-9-14(16)6-7-17-10-14/h4,12-13,15-16H,3,5-10H2,1-2H3/t12-,13+,14+/m0/s1. The van der Waals surface area contributed by atoms with Crippen LogP contribution in [0.5, 0.6) is 0 Å². The van der Waals surface area contributed by atoms with E-state index >= 15 is 0 Å². The minimum Gasteiger partial charge on any atom is -0.388 e. The van der Waals surface area contributed by atoms with Gasteiger partial charge in [-0.25, -0.2) is 0 Å². The quantitative estimate of drug-likeness (QED) is 0.757. The van der Waals surface area contributed by atoms with Crippen LogP contribution in [0.3, 0.4) is 0 Å². The van der Waals surface area contributed by atoms with Gasteiger partial charge in [-0.3, -0.25) is 0 Å². The van der Waals surface area contributed by atoms with E-state index in [1.54, 1.807) is 0 Å². The zero-order chi connectivity index (χ0) is 12.3. The molecule has 0 saturated carbocycles. The Morgan fingerprint density at radius 3 is 3.06 bits per heavy atom. The smallest absolute Gasteiger partial charge is 0.0869 e. The molecule has 0 bridgehead atoms. The highest BCUT2D eigenvalue weighted by Crippen LogP contribution is 2.30. The number of allylic oxidation sites excluding steroid dienone is 1. The SMILES string of the molecule is CC1=CCC[C@H](C)[C@@H]1CNC[C@]1(O)CCSC1. The predicted octanol–water partition coefficient (Wildman–Crippen LogP) is 2.44. The molecule has 1 heterocycles. The summed E-state index contributed by atoms with van der Waals surface area (Å²) < 4.78 is 0. The maximum absolute atomic E-state index is 10.3. The van der Waals surface area contributed by atoms with E-state index in [0.29, 0.717) is 5.92 Å². The number of aliphatic hydroxyl groups is 1. The van der Waals surface area contributed by atoms with Crippen LogP contribution in [0.15, 0.2) is 11.6 Å². The molecule has 17 heavy (non-hydrogen) atoms. The van der Waals surface area contributed by atoms with Gasteiger partial charge in [-0.05, 0) is 43.8 Å². The molecule has 2 rings (SSSR count). The first kappa shape index (κ1) is 13.4. The summed E-state index contributed by atoms with van der Waals surface area (Å²) >= 11 is 1.87. The minimum absolute atomic E-state index is 0.444. The van der Waals surface area contributed by atoms with Gasteiger partial charge in [0.25, 0.3) is 0 Å². The molecule has 1 aliphatic heterocycles. The molecule has 0 amide bonds. The maximum atomic E-state index is 10.3. The van der Waals surface area contributed by atoms with Gasteiger partial charge in [0, 0.05) is 18.8 Å². The van der Waals surface area contributed by atoms with Crippen molar-refractivity contribution < 1.29 is 5.11 Å². The monoisotopic (exact) mass is 255 g/mol. The average Bonchev–Trinajstić information content (AvgIpc) is 2.70. The second-order valence-corrected chi connectivity index (χ2v) is 6.87. The lowest BCUT2D eigenvalue weighted by atomic mass is 9.80. The van der Waals surface area contributed by atoms with Gasteiger partial charge in [0.1, 0.15) is 0 Å². The fourth-order valence-electron chi connectivity index (χ4n) is 2.93. The molecule has 0 radical (unpaired) electrons. The number of thioether (sulfide) groups is 1. The lowest BCUT2D eigenvalue weighted by Gasteiger charge is -2.30. The number of hydrogen-bond donors (Lipinski definition) is 2. The lowest BCUT2D eigenvalue weighted by Crippen LogP contribution is -2.43. The van der Waals surface area contributed by atoms with Crippen molar-refractivity contribution in [3.8, 4) is 0 Å². The van der Waals surface area contributed by atoms with E-state index in [1.807, 2.05) is 11.8 Å². The summed E-state index contributed by atoms with van der Waals surface area (Å²) in [6.45, 7) is 6.39. The molecule has 3 heteroatoms. The molecule has 1 aliphatic carbocycles. The largest absolute Gasteiger partial charge is 0.388 e. The molecular weight excluding hydrogens is 230 g/mol. The van der Waals surface area contributed by atoms with Gasteiger partial charge in [-0.15, -0.1) is 0 Å². The molecule has 2 aliphatic rings. The van der Waals surface area contributed by atoms with Crippen molar-refractivity contribution in [2.45, 2.75) is 38.7 Å². The molecule has 2 N–H and O–H groups in total. The van der Waals surface area contributed by atoms with Crippen LogP contribution in [0, 0.1) is 11.8 Å². The first-order valence-electron chi connectivity index (χ1n) is 6.78. The molecule has 3 atom stereocenters. The van der Waals surface area contributed by atoms with E-state index in [2.05, 4.69) is 25.2 Å². The Balaban J connectivity index is 1.77. The molecule has 1 fully saturated rings. The summed E-state index contributed by atoms with van der Waals surface area (Å²) in [4.78, 5) is 0. The number of nitrogens with one attached hydrogen (secondary N) is 1. The van der Waals surface area contributed by atoms with Crippen molar-refractivity contribution >= 4 is 11.8 Å². The highest BCUT2D eigenvalue weighted by Gasteiger charge is 2.31. The summed E-state index contributed by atoms with van der Waals surface area (Å²) in [5, 5.41) is 13.7. The van der Waals surface area contributed by atoms with E-state index in [-0.39, 0.29) is 0 Å². The molecular formula is C14H25NOS. The first-order valence-corrected chi connectivity index (χ1v) is 7.94. The highest BCUT2D eigenvalue weighted by atomic mass is 32.2. The van der Waals surface area contributed by atoms with Crippen molar-refractivity contribution in [1.29, 1.82) is 0 Å². The Kier molecular flexibility index (Phi) is 4.56. The van der Waals surface area contributed by atoms with Crippen LogP contribution in [-0.4, -0.2) is 35.3 Å². The number of rotatable bonds is 4. The highest BCUT2D eigenvalue weighted by molar-refractivity contribution is 7.99. The van der Waals surface area contributed by atoms with Crippen molar-refractivity contribution in [2.75, 3.05) is 24.6 Å². The molecule has 2 nitrogen and oxygen atoms in total. The van der Waals surface area contributed by atoms with Crippen LogP contribution in [0.1, 0.15) is 33.1 Å². The van der Waals surface area contributed by atoms with Crippen LogP contribution in [0.4, 0.5) is 0 Å². The fourth-order valence-corrected chi connectivity index (χ4v) is 4.23. The van der Waals surface area contributed by atoms with Gasteiger partial charge in [0.05, 0.1) is 5.60 Å². The van der Waals surface area contributed by atoms with Gasteiger partial charge in [0.2, 0.25) is 0 Å². The summed E-state index contributed by atoms with van der Waals surface area (Å²) in [6, 6.07) is 0. The Hall–Kier alpha value is 0.0100. The second-order valence-electron chi connectivity index (χ2n) is 5.77. The third-order valence-corrected chi connectivity index (χ3v) is 5.50. The van der Waals surface area contributed by atoms with Crippen LogP contribution < -0.4 is 5.32 Å². The molecule has 0 aromatic heterocycles. The topological polar surface area (TPSA) is 32.3 Å². The lowest BCUT2D eigenvalue weighted by molar-refractivity contribution is 0.0663. The van der Waals surface area contributed by atoms with Crippen LogP contribution >= 0.6 is 11.8 Å². The summed E-state index contributed by atoms with van der Waals surface area (Å²) in [7, 11) is 0. The normalized spacial score (nSPS) is 38.2. The van der Waals surface area contributed by atoms with Gasteiger partial charge < -0.3 is 10.4 Å². The van der Waals surface area contributed by atoms with Gasteiger partial charge in [-0.2, -0.15) is 11.8 Å². The molecule has 0 aromatic carbocycles. The second kappa shape index (κ2) is 5.77. The van der Waals surface area contributed by atoms with Gasteiger partial charge in [0.15, 0.2) is 0 Å². The van der Waals surface area contributed by atoms with Crippen LogP contribution in [0.25, 0.3) is 0 Å². The van der Waals surface area contributed by atoms with E-state index in [9.17, 15) is 5.11 Å². The van der Waals surface area contributed by atoms with Gasteiger partial charge in [-0.1, -0.05) is 18.6 Å². The third kappa shape index (κ3) is 3.49. The Labute approximate surface area is 109 Å². The maximum Gasteiger partial charge on any atom is 0.0869 e. The summed E-state index contributed by atoms with van der Waals surface area (Å²) in [5.41, 5.74) is 1.09. The van der Waals surface area contributed by atoms with Crippen molar-refractivity contribution in [1.82, 2.24) is 5.32 Å². The van der Waals surface area contributed by atoms with Crippen molar-refractivity contribution in [3.05, 3.63) is 11.6 Å². The van der Waals surface area contributed by atoms with Crippen LogP contribution in [0.2, 0.25) is 0 Å². The molecule has 1 saturated heterocycles. The van der Waals surface area contributed by atoms with Crippen molar-refractivity contribution in [2.24, 2.45) is 11.8 Å². The van der Waals surface area contributed by atoms with E-state index in [1.165, 1.54) is 18.4 Å². The Morgan fingerprint density at radius 1 is 1.59 bits per heavy atom. The fraction of sp³-hybridized carbons (Fsp3) is 0.857. The van der Waals surface area contributed by atoms with E-state index in [4.69, 9.17) is 0 Å². The molecule has 0 spiro atoms. The average molecular weight is 255 g/mol. The van der Waals surface area contributed by atoms with E-state index < -0.39 is 5.60 Å². The van der Waals surface area contributed by atoms with E-state index in [0.717, 1.165) is 36.9 Å². The summed E-state index contributed by atoms with van der Waals surface area (Å²) in [6.07, 6.45) is 5.88. The van der Waals surface area contributed by atoms with Gasteiger partial charge >= 0.3 is 0 Å². The van der Waals surface area contributed by atoms with Crippen molar-refractivity contribution in [3.63, 3.8) is 0 Å².